The molecule has 6 nitrogen and oxygen atoms in total. The van der Waals surface area contributed by atoms with Crippen LogP contribution in [0.1, 0.15) is 24.3 Å². The summed E-state index contributed by atoms with van der Waals surface area (Å²) in [6, 6.07) is 15.1. The number of nitrogens with one attached hydrogen (secondary N) is 1. The van der Waals surface area contributed by atoms with E-state index in [0.717, 1.165) is 11.1 Å². The van der Waals surface area contributed by atoms with E-state index in [0.29, 0.717) is 17.0 Å². The summed E-state index contributed by atoms with van der Waals surface area (Å²) in [4.78, 5) is 11.6. The number of para-hydroxylation sites is 1. The predicted molar refractivity (Wildman–Crippen MR) is 93.3 cm³/mol. The number of amides is 1. The molecule has 0 bridgehead atoms. The lowest BCUT2D eigenvalue weighted by molar-refractivity contribution is 0.0995. The number of fused-ring (bicyclic) bond motifs is 1. The summed E-state index contributed by atoms with van der Waals surface area (Å²) in [5, 5.41) is 12.1. The normalized spacial score (nSPS) is 10.8. The van der Waals surface area contributed by atoms with Gasteiger partial charge in [0, 0.05) is 17.5 Å². The number of primary amides is 1. The van der Waals surface area contributed by atoms with Gasteiger partial charge in [-0.2, -0.15) is 0 Å². The Hall–Kier alpha value is -3.15. The lowest BCUT2D eigenvalue weighted by Crippen LogP contribution is -2.20. The molecule has 0 spiro atoms. The molecule has 0 fully saturated rings. The van der Waals surface area contributed by atoms with Gasteiger partial charge in [-0.05, 0) is 38.1 Å². The highest BCUT2D eigenvalue weighted by atomic mass is 16.5. The van der Waals surface area contributed by atoms with Gasteiger partial charge in [-0.25, -0.2) is 0 Å². The lowest BCUT2D eigenvalue weighted by Gasteiger charge is -2.15. The van der Waals surface area contributed by atoms with Gasteiger partial charge in [0.05, 0.1) is 11.2 Å². The minimum absolute atomic E-state index is 0.121. The molecule has 1 aromatic heterocycles. The molecule has 6 heteroatoms. The van der Waals surface area contributed by atoms with Crippen LogP contribution in [-0.2, 0) is 0 Å². The number of nitrogens with zero attached hydrogens (tertiary/aromatic N) is 2. The number of aromatic nitrogens is 2. The van der Waals surface area contributed by atoms with Gasteiger partial charge >= 0.3 is 0 Å². The molecule has 0 radical (unpaired) electrons. The molecule has 0 aliphatic carbocycles. The van der Waals surface area contributed by atoms with Crippen LogP contribution >= 0.6 is 0 Å². The van der Waals surface area contributed by atoms with Crippen molar-refractivity contribution in [2.45, 2.75) is 19.9 Å². The average molecular weight is 322 g/mol. The van der Waals surface area contributed by atoms with Crippen molar-refractivity contribution in [1.29, 1.82) is 0 Å². The Labute approximate surface area is 139 Å². The first-order valence-corrected chi connectivity index (χ1v) is 7.64. The molecule has 3 aromatic rings. The fourth-order valence-corrected chi connectivity index (χ4v) is 2.38. The van der Waals surface area contributed by atoms with Crippen LogP contribution in [-0.4, -0.2) is 22.1 Å². The fourth-order valence-electron chi connectivity index (χ4n) is 2.38. The molecule has 1 heterocycles. The minimum Gasteiger partial charge on any atom is -0.457 e. The molecule has 0 saturated heterocycles. The molecular weight excluding hydrogens is 304 g/mol. The van der Waals surface area contributed by atoms with E-state index in [-0.39, 0.29) is 11.7 Å². The molecule has 2 aromatic carbocycles. The largest absolute Gasteiger partial charge is 0.457 e. The van der Waals surface area contributed by atoms with E-state index in [9.17, 15) is 4.79 Å². The predicted octanol–water partition coefficient (Wildman–Crippen LogP) is 3.34. The molecule has 1 amide bonds. The van der Waals surface area contributed by atoms with E-state index in [1.165, 1.54) is 0 Å². The Kier molecular flexibility index (Phi) is 4.29. The topological polar surface area (TPSA) is 90.1 Å². The van der Waals surface area contributed by atoms with Crippen LogP contribution < -0.4 is 15.8 Å². The van der Waals surface area contributed by atoms with Crippen molar-refractivity contribution in [2.75, 3.05) is 5.32 Å². The van der Waals surface area contributed by atoms with E-state index in [4.69, 9.17) is 10.5 Å². The Morgan fingerprint density at radius 1 is 1.08 bits per heavy atom. The van der Waals surface area contributed by atoms with E-state index >= 15 is 0 Å². The molecule has 0 aliphatic rings. The van der Waals surface area contributed by atoms with Crippen LogP contribution in [0.2, 0.25) is 0 Å². The average Bonchev–Trinajstić information content (AvgIpc) is 2.55. The van der Waals surface area contributed by atoms with Crippen LogP contribution in [0.15, 0.2) is 48.5 Å². The van der Waals surface area contributed by atoms with Gasteiger partial charge in [0.15, 0.2) is 5.69 Å². The zero-order valence-electron chi connectivity index (χ0n) is 13.5. The third-order valence-corrected chi connectivity index (χ3v) is 3.38. The number of anilines is 1. The molecule has 24 heavy (non-hydrogen) atoms. The van der Waals surface area contributed by atoms with Crippen molar-refractivity contribution >= 4 is 22.5 Å². The van der Waals surface area contributed by atoms with Crippen LogP contribution in [0.25, 0.3) is 10.9 Å². The minimum atomic E-state index is -0.614. The quantitative estimate of drug-likeness (QED) is 0.752. The first kappa shape index (κ1) is 15.7. The van der Waals surface area contributed by atoms with E-state index in [1.807, 2.05) is 56.3 Å². The third-order valence-electron chi connectivity index (χ3n) is 3.38. The number of ether oxygens (including phenoxy) is 1. The third kappa shape index (κ3) is 3.27. The maximum atomic E-state index is 11.6. The number of hydrogen-bond donors (Lipinski definition) is 2. The molecular formula is C18H18N4O2. The molecule has 3 N–H and O–H groups in total. The van der Waals surface area contributed by atoms with Crippen LogP contribution in [0.4, 0.5) is 5.69 Å². The fraction of sp³-hybridized carbons (Fsp3) is 0.167. The van der Waals surface area contributed by atoms with Gasteiger partial charge in [0.2, 0.25) is 0 Å². The maximum Gasteiger partial charge on any atom is 0.271 e. The second-order valence-corrected chi connectivity index (χ2v) is 5.68. The summed E-state index contributed by atoms with van der Waals surface area (Å²) in [6.45, 7) is 3.95. The van der Waals surface area contributed by atoms with E-state index in [1.54, 1.807) is 6.07 Å². The smallest absolute Gasteiger partial charge is 0.271 e. The van der Waals surface area contributed by atoms with Crippen LogP contribution in [0.3, 0.4) is 0 Å². The molecule has 122 valence electrons. The van der Waals surface area contributed by atoms with Gasteiger partial charge in [0.25, 0.3) is 5.91 Å². The van der Waals surface area contributed by atoms with Gasteiger partial charge in [-0.1, -0.05) is 18.2 Å². The molecule has 0 aliphatic heterocycles. The van der Waals surface area contributed by atoms with Crippen LogP contribution in [0, 0.1) is 0 Å². The first-order valence-electron chi connectivity index (χ1n) is 7.64. The number of hydrogen-bond acceptors (Lipinski definition) is 5. The lowest BCUT2D eigenvalue weighted by atomic mass is 10.1. The van der Waals surface area contributed by atoms with Gasteiger partial charge in [-0.15, -0.1) is 10.2 Å². The van der Waals surface area contributed by atoms with E-state index < -0.39 is 5.91 Å². The molecule has 3 rings (SSSR count). The number of nitrogens with two attached hydrogens (primary N) is 1. The standard InChI is InChI=1S/C18H18N4O2/c1-11(2)20-16-14-9-8-13(24-12-6-4-3-5-7-12)10-15(14)21-22-17(16)18(19)23/h3-11H,1-2H3,(H2,19,23)(H,20,21). The van der Waals surface area contributed by atoms with Crippen molar-refractivity contribution in [3.63, 3.8) is 0 Å². The Bertz CT molecular complexity index is 879. The van der Waals surface area contributed by atoms with Gasteiger partial charge in [-0.3, -0.25) is 4.79 Å². The second kappa shape index (κ2) is 6.54. The molecule has 0 atom stereocenters. The van der Waals surface area contributed by atoms with E-state index in [2.05, 4.69) is 15.5 Å². The molecule has 0 unspecified atom stereocenters. The maximum absolute atomic E-state index is 11.6. The Morgan fingerprint density at radius 3 is 2.50 bits per heavy atom. The highest BCUT2D eigenvalue weighted by Crippen LogP contribution is 2.30. The Morgan fingerprint density at radius 2 is 1.83 bits per heavy atom. The zero-order valence-corrected chi connectivity index (χ0v) is 13.5. The summed E-state index contributed by atoms with van der Waals surface area (Å²) >= 11 is 0. The van der Waals surface area contributed by atoms with Gasteiger partial charge < -0.3 is 15.8 Å². The number of benzene rings is 2. The molecule has 0 saturated carbocycles. The summed E-state index contributed by atoms with van der Waals surface area (Å²) in [5.74, 6) is 0.765. The highest BCUT2D eigenvalue weighted by Gasteiger charge is 2.16. The van der Waals surface area contributed by atoms with Gasteiger partial charge in [0.1, 0.15) is 11.5 Å². The number of rotatable bonds is 5. The summed E-state index contributed by atoms with van der Waals surface area (Å²) in [5.41, 5.74) is 6.75. The zero-order chi connectivity index (χ0) is 17.1. The SMILES string of the molecule is CC(C)Nc1c(C(N)=O)nnc2cc(Oc3ccccc3)ccc12. The summed E-state index contributed by atoms with van der Waals surface area (Å²) in [7, 11) is 0. The van der Waals surface area contributed by atoms with Crippen LogP contribution in [0.5, 0.6) is 11.5 Å². The monoisotopic (exact) mass is 322 g/mol. The summed E-state index contributed by atoms with van der Waals surface area (Å²) < 4.78 is 5.81. The van der Waals surface area contributed by atoms with Crippen molar-refractivity contribution < 1.29 is 9.53 Å². The summed E-state index contributed by atoms with van der Waals surface area (Å²) in [6.07, 6.45) is 0. The Balaban J connectivity index is 2.04. The number of carbonyl (C=O) groups is 1. The van der Waals surface area contributed by atoms with Crippen molar-refractivity contribution in [2.24, 2.45) is 5.73 Å². The van der Waals surface area contributed by atoms with Crippen molar-refractivity contribution in [1.82, 2.24) is 10.2 Å². The van der Waals surface area contributed by atoms with Crippen molar-refractivity contribution in [3.8, 4) is 11.5 Å². The number of carbonyl (C=O) groups excluding carboxylic acids is 1. The highest BCUT2D eigenvalue weighted by molar-refractivity contribution is 6.04. The first-order chi connectivity index (χ1) is 11.5. The van der Waals surface area contributed by atoms with Crippen molar-refractivity contribution in [3.05, 3.63) is 54.2 Å². The second-order valence-electron chi connectivity index (χ2n) is 5.68.